The van der Waals surface area contributed by atoms with Crippen LogP contribution < -0.4 is 10.2 Å². The molecule has 1 N–H and O–H groups in total. The first kappa shape index (κ1) is 11.4. The number of hydrogen-bond donors (Lipinski definition) is 1. The Morgan fingerprint density at radius 2 is 2.33 bits per heavy atom. The first-order valence-corrected chi connectivity index (χ1v) is 6.41. The van der Waals surface area contributed by atoms with Crippen molar-refractivity contribution in [2.45, 2.75) is 19.4 Å². The second kappa shape index (κ2) is 4.53. The van der Waals surface area contributed by atoms with E-state index >= 15 is 0 Å². The number of piperazine rings is 1. The monoisotopic (exact) mass is 246 g/mol. The molecule has 1 aliphatic heterocycles. The van der Waals surface area contributed by atoms with Gasteiger partial charge < -0.3 is 10.2 Å². The van der Waals surface area contributed by atoms with Crippen LogP contribution in [0.2, 0.25) is 0 Å². The first-order chi connectivity index (χ1) is 8.81. The summed E-state index contributed by atoms with van der Waals surface area (Å²) in [5.74, 6) is 1.02. The van der Waals surface area contributed by atoms with Gasteiger partial charge in [-0.2, -0.15) is 5.10 Å². The molecule has 6 nitrogen and oxygen atoms in total. The molecule has 0 saturated carbocycles. The maximum atomic E-state index is 4.48. The number of aryl methyl sites for hydroxylation is 1. The van der Waals surface area contributed by atoms with Gasteiger partial charge in [0, 0.05) is 32.7 Å². The van der Waals surface area contributed by atoms with Gasteiger partial charge in [0.15, 0.2) is 5.65 Å². The molecule has 1 fully saturated rings. The molecule has 96 valence electrons. The Morgan fingerprint density at radius 1 is 1.44 bits per heavy atom. The Kier molecular flexibility index (Phi) is 2.87. The zero-order chi connectivity index (χ0) is 12.5. The highest BCUT2D eigenvalue weighted by atomic mass is 15.3. The van der Waals surface area contributed by atoms with E-state index in [2.05, 4.69) is 32.2 Å². The summed E-state index contributed by atoms with van der Waals surface area (Å²) in [5, 5.41) is 8.75. The molecule has 1 atom stereocenters. The van der Waals surface area contributed by atoms with Crippen molar-refractivity contribution < 1.29 is 0 Å². The van der Waals surface area contributed by atoms with Crippen LogP contribution in [0.15, 0.2) is 12.5 Å². The Morgan fingerprint density at radius 3 is 3.17 bits per heavy atom. The van der Waals surface area contributed by atoms with Crippen molar-refractivity contribution in [1.29, 1.82) is 0 Å². The third-order valence-electron chi connectivity index (χ3n) is 3.60. The minimum Gasteiger partial charge on any atom is -0.350 e. The number of hydrogen-bond acceptors (Lipinski definition) is 5. The number of aromatic nitrogens is 4. The largest absolute Gasteiger partial charge is 0.350 e. The summed E-state index contributed by atoms with van der Waals surface area (Å²) in [6, 6.07) is 0.497. The number of rotatable bonds is 2. The third kappa shape index (κ3) is 1.73. The van der Waals surface area contributed by atoms with E-state index < -0.39 is 0 Å². The summed E-state index contributed by atoms with van der Waals surface area (Å²) in [6.07, 6.45) is 4.60. The molecular weight excluding hydrogens is 228 g/mol. The SMILES string of the molecule is CCC1CNCCN1c1ncnc2c1cnn2C. The molecule has 3 rings (SSSR count). The molecule has 6 heteroatoms. The van der Waals surface area contributed by atoms with Gasteiger partial charge in [0.05, 0.1) is 11.6 Å². The van der Waals surface area contributed by atoms with Crippen LogP contribution >= 0.6 is 0 Å². The molecule has 0 aromatic carbocycles. The van der Waals surface area contributed by atoms with Gasteiger partial charge in [-0.3, -0.25) is 4.68 Å². The molecule has 1 unspecified atom stereocenters. The Balaban J connectivity index is 2.07. The average molecular weight is 246 g/mol. The second-order valence-electron chi connectivity index (χ2n) is 4.66. The molecule has 1 aliphatic rings. The molecule has 0 bridgehead atoms. The van der Waals surface area contributed by atoms with Crippen molar-refractivity contribution >= 4 is 16.9 Å². The fourth-order valence-electron chi connectivity index (χ4n) is 2.58. The lowest BCUT2D eigenvalue weighted by Gasteiger charge is -2.36. The minimum absolute atomic E-state index is 0.497. The van der Waals surface area contributed by atoms with E-state index in [0.29, 0.717) is 6.04 Å². The van der Waals surface area contributed by atoms with Gasteiger partial charge in [-0.25, -0.2) is 9.97 Å². The quantitative estimate of drug-likeness (QED) is 0.838. The molecule has 3 heterocycles. The van der Waals surface area contributed by atoms with Gasteiger partial charge in [-0.1, -0.05) is 6.92 Å². The van der Waals surface area contributed by atoms with Crippen molar-refractivity contribution in [3.63, 3.8) is 0 Å². The van der Waals surface area contributed by atoms with Crippen molar-refractivity contribution in [2.75, 3.05) is 24.5 Å². The summed E-state index contributed by atoms with van der Waals surface area (Å²) in [5.41, 5.74) is 0.897. The molecule has 0 aliphatic carbocycles. The van der Waals surface area contributed by atoms with E-state index in [-0.39, 0.29) is 0 Å². The topological polar surface area (TPSA) is 58.9 Å². The predicted octanol–water partition coefficient (Wildman–Crippen LogP) is 0.551. The molecule has 0 radical (unpaired) electrons. The summed E-state index contributed by atoms with van der Waals surface area (Å²) in [6.45, 7) is 5.22. The second-order valence-corrected chi connectivity index (χ2v) is 4.66. The molecule has 2 aromatic rings. The Hall–Kier alpha value is -1.69. The lowest BCUT2D eigenvalue weighted by molar-refractivity contribution is 0.464. The van der Waals surface area contributed by atoms with Crippen molar-refractivity contribution in [3.8, 4) is 0 Å². The number of nitrogens with zero attached hydrogens (tertiary/aromatic N) is 5. The van der Waals surface area contributed by atoms with Crippen molar-refractivity contribution in [3.05, 3.63) is 12.5 Å². The van der Waals surface area contributed by atoms with Crippen molar-refractivity contribution in [2.24, 2.45) is 7.05 Å². The zero-order valence-electron chi connectivity index (χ0n) is 10.8. The van der Waals surface area contributed by atoms with Crippen LogP contribution in [-0.2, 0) is 7.05 Å². The molecule has 0 amide bonds. The number of anilines is 1. The molecule has 0 spiro atoms. The maximum Gasteiger partial charge on any atom is 0.163 e. The summed E-state index contributed by atoms with van der Waals surface area (Å²) < 4.78 is 1.80. The van der Waals surface area contributed by atoms with E-state index in [1.165, 1.54) is 0 Å². The molecular formula is C12H18N6. The summed E-state index contributed by atoms with van der Waals surface area (Å²) >= 11 is 0. The van der Waals surface area contributed by atoms with E-state index in [4.69, 9.17) is 0 Å². The van der Waals surface area contributed by atoms with Gasteiger partial charge in [0.2, 0.25) is 0 Å². The average Bonchev–Trinajstić information content (AvgIpc) is 2.81. The number of nitrogens with one attached hydrogen (secondary N) is 1. The van der Waals surface area contributed by atoms with Gasteiger partial charge >= 0.3 is 0 Å². The van der Waals surface area contributed by atoms with Crippen LogP contribution in [0.4, 0.5) is 5.82 Å². The minimum atomic E-state index is 0.497. The standard InChI is InChI=1S/C12H18N6/c1-3-9-6-13-4-5-18(9)12-10-7-16-17(2)11(10)14-8-15-12/h7-9,13H,3-6H2,1-2H3. The molecule has 1 saturated heterocycles. The molecule has 18 heavy (non-hydrogen) atoms. The van der Waals surface area contributed by atoms with Gasteiger partial charge in [-0.15, -0.1) is 0 Å². The van der Waals surface area contributed by atoms with E-state index in [1.807, 2.05) is 13.2 Å². The summed E-state index contributed by atoms with van der Waals surface area (Å²) in [4.78, 5) is 11.1. The fourth-order valence-corrected chi connectivity index (χ4v) is 2.58. The van der Waals surface area contributed by atoms with Crippen LogP contribution in [0.25, 0.3) is 11.0 Å². The normalized spacial score (nSPS) is 20.6. The fraction of sp³-hybridized carbons (Fsp3) is 0.583. The van der Waals surface area contributed by atoms with E-state index in [1.54, 1.807) is 11.0 Å². The maximum absolute atomic E-state index is 4.48. The number of fused-ring (bicyclic) bond motifs is 1. The lowest BCUT2D eigenvalue weighted by Crippen LogP contribution is -2.51. The zero-order valence-corrected chi connectivity index (χ0v) is 10.8. The van der Waals surface area contributed by atoms with Crippen LogP contribution in [0.5, 0.6) is 0 Å². The van der Waals surface area contributed by atoms with E-state index in [0.717, 1.165) is 42.9 Å². The first-order valence-electron chi connectivity index (χ1n) is 6.41. The van der Waals surface area contributed by atoms with E-state index in [9.17, 15) is 0 Å². The van der Waals surface area contributed by atoms with Crippen LogP contribution in [0.1, 0.15) is 13.3 Å². The van der Waals surface area contributed by atoms with Gasteiger partial charge in [0.25, 0.3) is 0 Å². The lowest BCUT2D eigenvalue weighted by atomic mass is 10.1. The van der Waals surface area contributed by atoms with Crippen molar-refractivity contribution in [1.82, 2.24) is 25.1 Å². The predicted molar refractivity (Wildman–Crippen MR) is 70.6 cm³/mol. The highest BCUT2D eigenvalue weighted by molar-refractivity contribution is 5.86. The smallest absolute Gasteiger partial charge is 0.163 e. The highest BCUT2D eigenvalue weighted by Gasteiger charge is 2.24. The Bertz CT molecular complexity index is 548. The van der Waals surface area contributed by atoms with Crippen LogP contribution in [0.3, 0.4) is 0 Å². The van der Waals surface area contributed by atoms with Gasteiger partial charge in [-0.05, 0) is 6.42 Å². The third-order valence-corrected chi connectivity index (χ3v) is 3.60. The van der Waals surface area contributed by atoms with Crippen LogP contribution in [0, 0.1) is 0 Å². The van der Waals surface area contributed by atoms with Crippen LogP contribution in [-0.4, -0.2) is 45.4 Å². The van der Waals surface area contributed by atoms with Gasteiger partial charge in [0.1, 0.15) is 12.1 Å². The molecule has 2 aromatic heterocycles. The Labute approximate surface area is 106 Å². The summed E-state index contributed by atoms with van der Waals surface area (Å²) in [7, 11) is 1.91. The highest BCUT2D eigenvalue weighted by Crippen LogP contribution is 2.25.